The molecule has 3 aliphatic heterocycles. The number of piperazine rings is 1. The molecule has 0 spiro atoms. The molecule has 0 saturated carbocycles. The highest BCUT2D eigenvalue weighted by Crippen LogP contribution is 2.30. The van der Waals surface area contributed by atoms with Crippen molar-refractivity contribution in [2.24, 2.45) is 0 Å². The van der Waals surface area contributed by atoms with Gasteiger partial charge in [0.15, 0.2) is 0 Å². The van der Waals surface area contributed by atoms with Crippen molar-refractivity contribution in [1.29, 1.82) is 0 Å². The van der Waals surface area contributed by atoms with E-state index in [2.05, 4.69) is 44.3 Å². The predicted molar refractivity (Wildman–Crippen MR) is 118 cm³/mol. The molecule has 2 amide bonds. The molecule has 2 unspecified atom stereocenters. The van der Waals surface area contributed by atoms with E-state index in [4.69, 9.17) is 0 Å². The molecule has 10 nitrogen and oxygen atoms in total. The van der Waals surface area contributed by atoms with Gasteiger partial charge in [-0.15, -0.1) is 0 Å². The molecule has 5 heterocycles. The summed E-state index contributed by atoms with van der Waals surface area (Å²) in [6.45, 7) is 4.13. The smallest absolute Gasteiger partial charge is 0.274 e. The number of H-pyrrole nitrogens is 2. The fraction of sp³-hybridized carbons (Fsp3) is 0.636. The minimum absolute atomic E-state index is 0.0772. The molecule has 3 aliphatic rings. The number of nitrogens with one attached hydrogen (secondary N) is 2. The number of aromatic nitrogens is 4. The zero-order valence-corrected chi connectivity index (χ0v) is 18.9. The number of rotatable bonds is 4. The van der Waals surface area contributed by atoms with Gasteiger partial charge in [0.2, 0.25) is 0 Å². The van der Waals surface area contributed by atoms with Crippen LogP contribution in [0.5, 0.6) is 0 Å². The lowest BCUT2D eigenvalue weighted by Gasteiger charge is -2.34. The van der Waals surface area contributed by atoms with Crippen LogP contribution in [0.3, 0.4) is 0 Å². The first-order valence-corrected chi connectivity index (χ1v) is 11.6. The van der Waals surface area contributed by atoms with Gasteiger partial charge in [0, 0.05) is 26.2 Å². The van der Waals surface area contributed by atoms with E-state index < -0.39 is 0 Å². The molecule has 3 fully saturated rings. The van der Waals surface area contributed by atoms with Crippen LogP contribution >= 0.6 is 0 Å². The van der Waals surface area contributed by atoms with Crippen LogP contribution in [0.4, 0.5) is 0 Å². The monoisotopic (exact) mass is 440 g/mol. The standard InChI is InChI=1S/C22H32N8O2/c1-27-7-3-5-19(27)15-13-17(25-23-15)21(31)29-9-11-30(12-10-29)22(32)18-14-16(24-26-18)20-6-4-8-28(20)2/h13-14,19-20H,3-12H2,1-2H3,(H,23,25)(H,24,26). The molecule has 5 rings (SSSR count). The lowest BCUT2D eigenvalue weighted by atomic mass is 10.1. The number of carbonyl (C=O) groups is 2. The second kappa shape index (κ2) is 8.67. The van der Waals surface area contributed by atoms with E-state index in [1.165, 1.54) is 0 Å². The Morgan fingerprint density at radius 1 is 0.750 bits per heavy atom. The summed E-state index contributed by atoms with van der Waals surface area (Å²) >= 11 is 0. The Morgan fingerprint density at radius 2 is 1.16 bits per heavy atom. The van der Waals surface area contributed by atoms with Crippen LogP contribution in [0.2, 0.25) is 0 Å². The zero-order chi connectivity index (χ0) is 22.2. The van der Waals surface area contributed by atoms with E-state index in [1.807, 2.05) is 12.1 Å². The van der Waals surface area contributed by atoms with E-state index in [0.29, 0.717) is 49.7 Å². The van der Waals surface area contributed by atoms with Crippen molar-refractivity contribution in [3.05, 3.63) is 34.9 Å². The van der Waals surface area contributed by atoms with Crippen molar-refractivity contribution < 1.29 is 9.59 Å². The van der Waals surface area contributed by atoms with Crippen LogP contribution in [0.1, 0.15) is 70.1 Å². The molecule has 3 saturated heterocycles. The van der Waals surface area contributed by atoms with Gasteiger partial charge in [0.25, 0.3) is 11.8 Å². The van der Waals surface area contributed by atoms with Gasteiger partial charge in [-0.1, -0.05) is 0 Å². The molecular weight excluding hydrogens is 408 g/mol. The molecular formula is C22H32N8O2. The summed E-state index contributed by atoms with van der Waals surface area (Å²) in [5.41, 5.74) is 2.92. The maximum absolute atomic E-state index is 12.9. The third kappa shape index (κ3) is 3.93. The fourth-order valence-corrected chi connectivity index (χ4v) is 5.28. The number of amides is 2. The van der Waals surface area contributed by atoms with Gasteiger partial charge < -0.3 is 9.80 Å². The molecule has 2 aromatic heterocycles. The summed E-state index contributed by atoms with van der Waals surface area (Å²) in [4.78, 5) is 34.0. The molecule has 0 aliphatic carbocycles. The summed E-state index contributed by atoms with van der Waals surface area (Å²) in [6.07, 6.45) is 4.49. The minimum atomic E-state index is -0.0772. The highest BCUT2D eigenvalue weighted by molar-refractivity contribution is 5.94. The Balaban J connectivity index is 1.17. The Bertz CT molecular complexity index is 898. The molecule has 0 radical (unpaired) electrons. The predicted octanol–water partition coefficient (Wildman–Crippen LogP) is 1.26. The average molecular weight is 441 g/mol. The molecule has 2 N–H and O–H groups in total. The van der Waals surface area contributed by atoms with E-state index >= 15 is 0 Å². The van der Waals surface area contributed by atoms with Gasteiger partial charge in [-0.25, -0.2) is 0 Å². The van der Waals surface area contributed by atoms with E-state index in [-0.39, 0.29) is 11.8 Å². The SMILES string of the molecule is CN1CCCC1c1cc(C(=O)N2CCN(C(=O)c3cc(C4CCCN4C)[nH]n3)CC2)n[nH]1. The number of carbonyl (C=O) groups excluding carboxylic acids is 2. The average Bonchev–Trinajstić information content (AvgIpc) is 3.59. The van der Waals surface area contributed by atoms with Crippen LogP contribution in [-0.2, 0) is 0 Å². The summed E-state index contributed by atoms with van der Waals surface area (Å²) in [5, 5.41) is 14.7. The highest BCUT2D eigenvalue weighted by atomic mass is 16.2. The van der Waals surface area contributed by atoms with Crippen LogP contribution in [0.15, 0.2) is 12.1 Å². The van der Waals surface area contributed by atoms with Crippen molar-refractivity contribution >= 4 is 11.8 Å². The number of nitrogens with zero attached hydrogens (tertiary/aromatic N) is 6. The fourth-order valence-electron chi connectivity index (χ4n) is 5.28. The number of aromatic amines is 2. The second-order valence-corrected chi connectivity index (χ2v) is 9.28. The van der Waals surface area contributed by atoms with Gasteiger partial charge in [-0.3, -0.25) is 29.6 Å². The van der Waals surface area contributed by atoms with Crippen molar-refractivity contribution in [2.75, 3.05) is 53.4 Å². The van der Waals surface area contributed by atoms with Crippen molar-refractivity contribution in [1.82, 2.24) is 40.0 Å². The quantitative estimate of drug-likeness (QED) is 0.742. The Hall–Kier alpha value is -2.72. The summed E-state index contributed by atoms with van der Waals surface area (Å²) in [5.74, 6) is -0.154. The lowest BCUT2D eigenvalue weighted by molar-refractivity contribution is 0.0529. The maximum atomic E-state index is 12.9. The van der Waals surface area contributed by atoms with Gasteiger partial charge in [0.1, 0.15) is 11.4 Å². The van der Waals surface area contributed by atoms with Crippen molar-refractivity contribution in [3.63, 3.8) is 0 Å². The Labute approximate surface area is 187 Å². The highest BCUT2D eigenvalue weighted by Gasteiger charge is 2.31. The molecule has 2 atom stereocenters. The van der Waals surface area contributed by atoms with Crippen LogP contribution < -0.4 is 0 Å². The Kier molecular flexibility index (Phi) is 5.73. The first-order chi connectivity index (χ1) is 15.5. The van der Waals surface area contributed by atoms with E-state index in [0.717, 1.165) is 50.2 Å². The molecule has 10 heteroatoms. The minimum Gasteiger partial charge on any atom is -0.334 e. The summed E-state index contributed by atoms with van der Waals surface area (Å²) in [6, 6.07) is 4.39. The van der Waals surface area contributed by atoms with Gasteiger partial charge in [0.05, 0.1) is 23.5 Å². The summed E-state index contributed by atoms with van der Waals surface area (Å²) < 4.78 is 0. The van der Waals surface area contributed by atoms with Gasteiger partial charge in [-0.05, 0) is 65.0 Å². The summed E-state index contributed by atoms with van der Waals surface area (Å²) in [7, 11) is 4.20. The van der Waals surface area contributed by atoms with E-state index in [9.17, 15) is 9.59 Å². The first-order valence-electron chi connectivity index (χ1n) is 11.6. The molecule has 0 aromatic carbocycles. The molecule has 172 valence electrons. The largest absolute Gasteiger partial charge is 0.334 e. The van der Waals surface area contributed by atoms with Crippen LogP contribution in [0, 0.1) is 0 Å². The first kappa shape index (κ1) is 21.1. The maximum Gasteiger partial charge on any atom is 0.274 e. The topological polar surface area (TPSA) is 104 Å². The Morgan fingerprint density at radius 3 is 1.50 bits per heavy atom. The third-order valence-electron chi connectivity index (χ3n) is 7.25. The molecule has 32 heavy (non-hydrogen) atoms. The van der Waals surface area contributed by atoms with Crippen LogP contribution in [0.25, 0.3) is 0 Å². The van der Waals surface area contributed by atoms with E-state index in [1.54, 1.807) is 9.80 Å². The van der Waals surface area contributed by atoms with Gasteiger partial charge >= 0.3 is 0 Å². The molecule has 0 bridgehead atoms. The molecule has 2 aromatic rings. The zero-order valence-electron chi connectivity index (χ0n) is 18.9. The lowest BCUT2D eigenvalue weighted by Crippen LogP contribution is -2.50. The third-order valence-corrected chi connectivity index (χ3v) is 7.25. The normalized spacial score (nSPS) is 25.1. The van der Waals surface area contributed by atoms with Crippen LogP contribution in [-0.4, -0.2) is 105 Å². The van der Waals surface area contributed by atoms with Gasteiger partial charge in [-0.2, -0.15) is 10.2 Å². The number of likely N-dealkylation sites (tertiary alicyclic amines) is 2. The number of hydrogen-bond donors (Lipinski definition) is 2. The number of hydrogen-bond acceptors (Lipinski definition) is 6. The second-order valence-electron chi connectivity index (χ2n) is 9.28. The van der Waals surface area contributed by atoms with Crippen molar-refractivity contribution in [3.8, 4) is 0 Å². The van der Waals surface area contributed by atoms with Crippen molar-refractivity contribution in [2.45, 2.75) is 37.8 Å².